The molecule has 2 saturated heterocycles. The van der Waals surface area contributed by atoms with Crippen LogP contribution in [-0.4, -0.2) is 60.5 Å². The van der Waals surface area contributed by atoms with Gasteiger partial charge in [0.15, 0.2) is 0 Å². The van der Waals surface area contributed by atoms with Gasteiger partial charge in [-0.1, -0.05) is 11.8 Å². The predicted molar refractivity (Wildman–Crippen MR) is 81.8 cm³/mol. The SMILES string of the molecule is O=C(c1ccc2nsnc2c1)N1CC(N2C(=O)CSC2=O)C1. The van der Waals surface area contributed by atoms with E-state index in [0.717, 1.165) is 29.0 Å². The van der Waals surface area contributed by atoms with Gasteiger partial charge in [0.2, 0.25) is 5.91 Å². The van der Waals surface area contributed by atoms with E-state index < -0.39 is 0 Å². The number of nitrogens with zero attached hydrogens (tertiary/aromatic N) is 4. The number of likely N-dealkylation sites (tertiary alicyclic amines) is 1. The molecule has 2 aliphatic rings. The highest BCUT2D eigenvalue weighted by atomic mass is 32.2. The van der Waals surface area contributed by atoms with Crippen LogP contribution < -0.4 is 0 Å². The maximum absolute atomic E-state index is 12.4. The normalized spacial score (nSPS) is 19.1. The Kier molecular flexibility index (Phi) is 3.12. The van der Waals surface area contributed by atoms with Crippen molar-refractivity contribution in [1.82, 2.24) is 18.5 Å². The van der Waals surface area contributed by atoms with E-state index >= 15 is 0 Å². The minimum Gasteiger partial charge on any atom is -0.334 e. The number of aromatic nitrogens is 2. The summed E-state index contributed by atoms with van der Waals surface area (Å²) in [6, 6.07) is 5.02. The van der Waals surface area contributed by atoms with Crippen LogP contribution in [-0.2, 0) is 4.79 Å². The fraction of sp³-hybridized carbons (Fsp3) is 0.308. The Labute approximate surface area is 133 Å². The second-order valence-corrected chi connectivity index (χ2v) is 6.61. The molecule has 2 fully saturated rings. The van der Waals surface area contributed by atoms with E-state index in [-0.39, 0.29) is 28.8 Å². The molecule has 0 aliphatic carbocycles. The average molecular weight is 334 g/mol. The summed E-state index contributed by atoms with van der Waals surface area (Å²) in [6.07, 6.45) is 0. The summed E-state index contributed by atoms with van der Waals surface area (Å²) in [6.45, 7) is 0.786. The van der Waals surface area contributed by atoms with Gasteiger partial charge in [-0.05, 0) is 18.2 Å². The van der Waals surface area contributed by atoms with E-state index in [0.29, 0.717) is 24.2 Å². The number of rotatable bonds is 2. The molecule has 2 aromatic rings. The lowest BCUT2D eigenvalue weighted by atomic mass is 10.0. The van der Waals surface area contributed by atoms with Crippen LogP contribution in [0.4, 0.5) is 4.79 Å². The zero-order valence-corrected chi connectivity index (χ0v) is 12.9. The van der Waals surface area contributed by atoms with E-state index in [1.807, 2.05) is 0 Å². The van der Waals surface area contributed by atoms with E-state index in [1.165, 1.54) is 4.90 Å². The van der Waals surface area contributed by atoms with Crippen molar-refractivity contribution in [3.8, 4) is 0 Å². The third-order valence-corrected chi connectivity index (χ3v) is 5.19. The first-order chi connectivity index (χ1) is 10.6. The molecule has 0 unspecified atom stereocenters. The van der Waals surface area contributed by atoms with E-state index in [1.54, 1.807) is 23.1 Å². The molecule has 0 atom stereocenters. The molecule has 4 rings (SSSR count). The first kappa shape index (κ1) is 13.6. The first-order valence-electron chi connectivity index (χ1n) is 6.64. The van der Waals surface area contributed by atoms with Crippen molar-refractivity contribution in [2.45, 2.75) is 6.04 Å². The van der Waals surface area contributed by atoms with Crippen LogP contribution in [0.3, 0.4) is 0 Å². The highest BCUT2D eigenvalue weighted by Crippen LogP contribution is 2.27. The van der Waals surface area contributed by atoms with Crippen molar-refractivity contribution in [2.75, 3.05) is 18.8 Å². The minimum absolute atomic E-state index is 0.113. The summed E-state index contributed by atoms with van der Waals surface area (Å²) in [5, 5.41) is -0.211. The number of amides is 3. The molecule has 0 radical (unpaired) electrons. The smallest absolute Gasteiger partial charge is 0.289 e. The lowest BCUT2D eigenvalue weighted by molar-refractivity contribution is -0.128. The molecular formula is C13H10N4O3S2. The summed E-state index contributed by atoms with van der Waals surface area (Å²) in [4.78, 5) is 38.6. The molecule has 7 nitrogen and oxygen atoms in total. The zero-order chi connectivity index (χ0) is 15.3. The third-order valence-electron chi connectivity index (χ3n) is 3.80. The van der Waals surface area contributed by atoms with Crippen LogP contribution in [0.15, 0.2) is 18.2 Å². The molecule has 3 heterocycles. The Hall–Kier alpha value is -2.00. The summed E-state index contributed by atoms with van der Waals surface area (Å²) >= 11 is 2.13. The Morgan fingerprint density at radius 3 is 2.68 bits per heavy atom. The predicted octanol–water partition coefficient (Wildman–Crippen LogP) is 1.21. The fourth-order valence-electron chi connectivity index (χ4n) is 2.60. The number of benzene rings is 1. The number of carbonyl (C=O) groups excluding carboxylic acids is 3. The molecule has 0 N–H and O–H groups in total. The molecule has 9 heteroatoms. The number of imide groups is 1. The number of thioether (sulfide) groups is 1. The Morgan fingerprint density at radius 2 is 1.95 bits per heavy atom. The van der Waals surface area contributed by atoms with Crippen molar-refractivity contribution >= 4 is 51.6 Å². The quantitative estimate of drug-likeness (QED) is 0.821. The molecule has 1 aromatic heterocycles. The number of carbonyl (C=O) groups is 3. The zero-order valence-electron chi connectivity index (χ0n) is 11.3. The monoisotopic (exact) mass is 334 g/mol. The van der Waals surface area contributed by atoms with Crippen LogP contribution in [0.1, 0.15) is 10.4 Å². The molecule has 0 bridgehead atoms. The molecule has 0 saturated carbocycles. The largest absolute Gasteiger partial charge is 0.334 e. The second-order valence-electron chi connectivity index (χ2n) is 5.15. The van der Waals surface area contributed by atoms with E-state index in [2.05, 4.69) is 8.75 Å². The fourth-order valence-corrected chi connectivity index (χ4v) is 3.89. The second kappa shape index (κ2) is 5.03. The standard InChI is InChI=1S/C13H10N4O3S2/c18-11-6-21-13(20)17(11)8-4-16(5-8)12(19)7-1-2-9-10(3-7)15-22-14-9/h1-3,8H,4-6H2. The highest BCUT2D eigenvalue weighted by Gasteiger charge is 2.43. The highest BCUT2D eigenvalue weighted by molar-refractivity contribution is 8.14. The number of hydrogen-bond donors (Lipinski definition) is 0. The van der Waals surface area contributed by atoms with Crippen molar-refractivity contribution in [2.24, 2.45) is 0 Å². The van der Waals surface area contributed by atoms with E-state index in [4.69, 9.17) is 0 Å². The van der Waals surface area contributed by atoms with Crippen molar-refractivity contribution in [3.63, 3.8) is 0 Å². The van der Waals surface area contributed by atoms with Crippen molar-refractivity contribution in [3.05, 3.63) is 23.8 Å². The number of hydrogen-bond acceptors (Lipinski definition) is 7. The van der Waals surface area contributed by atoms with Gasteiger partial charge >= 0.3 is 0 Å². The molecule has 2 aliphatic heterocycles. The summed E-state index contributed by atoms with van der Waals surface area (Å²) in [5.74, 6) is -0.0727. The van der Waals surface area contributed by atoms with Crippen molar-refractivity contribution in [1.29, 1.82) is 0 Å². The lowest BCUT2D eigenvalue weighted by Gasteiger charge is -2.42. The van der Waals surface area contributed by atoms with Gasteiger partial charge in [0, 0.05) is 18.7 Å². The van der Waals surface area contributed by atoms with Crippen LogP contribution in [0.2, 0.25) is 0 Å². The minimum atomic E-state index is -0.211. The van der Waals surface area contributed by atoms with Gasteiger partial charge in [-0.15, -0.1) is 0 Å². The summed E-state index contributed by atoms with van der Waals surface area (Å²) < 4.78 is 8.22. The molecule has 3 amide bonds. The molecular weight excluding hydrogens is 324 g/mol. The Bertz CT molecular complexity index is 783. The maximum Gasteiger partial charge on any atom is 0.289 e. The average Bonchev–Trinajstić information content (AvgIpc) is 3.05. The van der Waals surface area contributed by atoms with Gasteiger partial charge in [-0.3, -0.25) is 19.3 Å². The maximum atomic E-state index is 12.4. The molecule has 112 valence electrons. The number of fused-ring (bicyclic) bond motifs is 1. The van der Waals surface area contributed by atoms with E-state index in [9.17, 15) is 14.4 Å². The molecule has 22 heavy (non-hydrogen) atoms. The molecule has 0 spiro atoms. The van der Waals surface area contributed by atoms with Crippen LogP contribution in [0.25, 0.3) is 11.0 Å². The van der Waals surface area contributed by atoms with Crippen LogP contribution in [0, 0.1) is 0 Å². The molecule has 1 aromatic carbocycles. The van der Waals surface area contributed by atoms with Gasteiger partial charge < -0.3 is 4.90 Å². The van der Waals surface area contributed by atoms with Crippen molar-refractivity contribution < 1.29 is 14.4 Å². The van der Waals surface area contributed by atoms with Gasteiger partial charge in [0.05, 0.1) is 23.5 Å². The van der Waals surface area contributed by atoms with Gasteiger partial charge in [-0.2, -0.15) is 8.75 Å². The van der Waals surface area contributed by atoms with Gasteiger partial charge in [0.25, 0.3) is 11.1 Å². The lowest BCUT2D eigenvalue weighted by Crippen LogP contribution is -2.62. The summed E-state index contributed by atoms with van der Waals surface area (Å²) in [7, 11) is 0. The van der Waals surface area contributed by atoms with Crippen LogP contribution in [0.5, 0.6) is 0 Å². The summed E-state index contributed by atoms with van der Waals surface area (Å²) in [5.41, 5.74) is 2.02. The Balaban J connectivity index is 1.47. The topological polar surface area (TPSA) is 83.5 Å². The van der Waals surface area contributed by atoms with Gasteiger partial charge in [0.1, 0.15) is 11.0 Å². The van der Waals surface area contributed by atoms with Crippen LogP contribution >= 0.6 is 23.5 Å². The third kappa shape index (κ3) is 2.08. The first-order valence-corrected chi connectivity index (χ1v) is 8.35. The Morgan fingerprint density at radius 1 is 1.18 bits per heavy atom. The van der Waals surface area contributed by atoms with Gasteiger partial charge in [-0.25, -0.2) is 0 Å².